The fourth-order valence-electron chi connectivity index (χ4n) is 7.46. The number of rotatable bonds is 2. The molecule has 0 spiro atoms. The molecule has 3 fully saturated rings. The van der Waals surface area contributed by atoms with Crippen LogP contribution in [0.5, 0.6) is 0 Å². The normalized spacial score (nSPS) is 52.1. The second-order valence-electron chi connectivity index (χ2n) is 9.87. The third kappa shape index (κ3) is 2.47. The molecule has 0 aliphatic heterocycles. The molecule has 4 aliphatic rings. The number of allylic oxidation sites excluding steroid dienone is 1. The zero-order valence-electron chi connectivity index (χ0n) is 16.3. The lowest BCUT2D eigenvalue weighted by Crippen LogP contribution is -2.52. The summed E-state index contributed by atoms with van der Waals surface area (Å²) in [5, 5.41) is 10.7. The summed E-state index contributed by atoms with van der Waals surface area (Å²) in [6.07, 6.45) is 10.9. The van der Waals surface area contributed by atoms with Crippen molar-refractivity contribution in [3.8, 4) is 0 Å². The smallest absolute Gasteiger partial charge is 0.158 e. The molecule has 140 valence electrons. The molecule has 0 aromatic heterocycles. The van der Waals surface area contributed by atoms with E-state index >= 15 is 0 Å². The summed E-state index contributed by atoms with van der Waals surface area (Å²) in [4.78, 5) is 12.2. The third-order valence-corrected chi connectivity index (χ3v) is 9.76. The van der Waals surface area contributed by atoms with Crippen molar-refractivity contribution in [2.24, 2.45) is 34.5 Å². The Labute approximate surface area is 155 Å². The number of hydrogen-bond donors (Lipinski definition) is 1. The largest absolute Gasteiger partial charge is 0.401 e. The minimum Gasteiger partial charge on any atom is -0.401 e. The van der Waals surface area contributed by atoms with Crippen molar-refractivity contribution in [2.45, 2.75) is 77.9 Å². The Kier molecular flexibility index (Phi) is 4.14. The molecule has 4 aliphatic carbocycles. The predicted molar refractivity (Wildman–Crippen MR) is 102 cm³/mol. The number of carbonyl (C=O) groups is 1. The van der Waals surface area contributed by atoms with Crippen LogP contribution in [0.2, 0.25) is 0 Å². The molecule has 0 aromatic rings. The summed E-state index contributed by atoms with van der Waals surface area (Å²) in [7, 11) is 0.590. The Morgan fingerprint density at radius 3 is 2.64 bits per heavy atom. The maximum absolute atomic E-state index is 12.2. The summed E-state index contributed by atoms with van der Waals surface area (Å²) < 4.78 is 5.55. The first-order valence-corrected chi connectivity index (χ1v) is 11.0. The van der Waals surface area contributed by atoms with Crippen LogP contribution in [0.4, 0.5) is 0 Å². The van der Waals surface area contributed by atoms with Gasteiger partial charge in [-0.15, -0.1) is 0 Å². The first-order chi connectivity index (χ1) is 11.7. The van der Waals surface area contributed by atoms with E-state index in [-0.39, 0.29) is 16.7 Å². The highest BCUT2D eigenvalue weighted by atomic mass is 28.2. The van der Waals surface area contributed by atoms with E-state index in [0.29, 0.717) is 28.6 Å². The fourth-order valence-corrected chi connectivity index (χ4v) is 7.81. The van der Waals surface area contributed by atoms with Gasteiger partial charge in [0.05, 0.1) is 0 Å². The van der Waals surface area contributed by atoms with E-state index in [1.54, 1.807) is 6.92 Å². The van der Waals surface area contributed by atoms with Crippen LogP contribution in [0, 0.1) is 34.5 Å². The minimum atomic E-state index is -0.902. The van der Waals surface area contributed by atoms with Gasteiger partial charge in [0, 0.05) is 18.8 Å². The third-order valence-electron chi connectivity index (χ3n) is 9.00. The van der Waals surface area contributed by atoms with Gasteiger partial charge in [0.15, 0.2) is 5.79 Å². The van der Waals surface area contributed by atoms with Crippen molar-refractivity contribution in [3.05, 3.63) is 11.6 Å². The zero-order chi connectivity index (χ0) is 18.0. The molecule has 3 saturated carbocycles. The number of aliphatic hydroxyl groups is 1. The van der Waals surface area contributed by atoms with Gasteiger partial charge in [-0.2, -0.15) is 0 Å². The Morgan fingerprint density at radius 2 is 1.96 bits per heavy atom. The van der Waals surface area contributed by atoms with Crippen LogP contribution in [0.3, 0.4) is 0 Å². The standard InChI is InChI=1S/C21H34O3Si/c1-13(22)16-6-7-17-15-5-4-14-12-21(23,24-25)11-10-19(14,2)18(15)8-9-20(16,17)3/h4,15-18,23H,5-12H2,1-3,25H3/t15-,16+,17-,18-,19-,20+,21?/m0/s1. The van der Waals surface area contributed by atoms with Crippen molar-refractivity contribution in [1.29, 1.82) is 0 Å². The van der Waals surface area contributed by atoms with Gasteiger partial charge in [-0.3, -0.25) is 4.79 Å². The van der Waals surface area contributed by atoms with Gasteiger partial charge in [0.1, 0.15) is 16.3 Å². The van der Waals surface area contributed by atoms with Gasteiger partial charge >= 0.3 is 0 Å². The van der Waals surface area contributed by atoms with Gasteiger partial charge in [-0.05, 0) is 74.0 Å². The van der Waals surface area contributed by atoms with E-state index < -0.39 is 5.79 Å². The molecule has 0 amide bonds. The van der Waals surface area contributed by atoms with E-state index in [0.717, 1.165) is 37.5 Å². The van der Waals surface area contributed by atoms with Crippen molar-refractivity contribution >= 4 is 16.3 Å². The van der Waals surface area contributed by atoms with E-state index in [1.807, 2.05) is 0 Å². The van der Waals surface area contributed by atoms with Crippen LogP contribution in [-0.2, 0) is 9.22 Å². The number of carbonyl (C=O) groups excluding carboxylic acids is 1. The zero-order valence-corrected chi connectivity index (χ0v) is 18.3. The molecule has 0 heterocycles. The van der Waals surface area contributed by atoms with Gasteiger partial charge in [-0.25, -0.2) is 0 Å². The predicted octanol–water partition coefficient (Wildman–Crippen LogP) is 3.14. The van der Waals surface area contributed by atoms with Gasteiger partial charge < -0.3 is 9.53 Å². The fraction of sp³-hybridized carbons (Fsp3) is 0.857. The molecule has 0 aromatic carbocycles. The lowest BCUT2D eigenvalue weighted by Gasteiger charge is -2.58. The molecule has 1 unspecified atom stereocenters. The van der Waals surface area contributed by atoms with Crippen LogP contribution >= 0.6 is 0 Å². The Morgan fingerprint density at radius 1 is 1.20 bits per heavy atom. The number of ketones is 1. The lowest BCUT2D eigenvalue weighted by molar-refractivity contribution is -0.168. The number of hydrogen-bond acceptors (Lipinski definition) is 3. The average Bonchev–Trinajstić information content (AvgIpc) is 2.93. The highest BCUT2D eigenvalue weighted by Crippen LogP contribution is 2.66. The molecule has 4 heteroatoms. The molecule has 0 bridgehead atoms. The second kappa shape index (κ2) is 5.77. The van der Waals surface area contributed by atoms with Gasteiger partial charge in [-0.1, -0.05) is 25.5 Å². The monoisotopic (exact) mass is 362 g/mol. The Hall–Kier alpha value is -0.453. The SMILES string of the molecule is CC(=O)[C@H]1CC[C@H]2[C@@H]3CC=C4CC(O)(O[SiH3])CC[C@]4(C)[C@H]3CC[C@]12C. The van der Waals surface area contributed by atoms with Crippen molar-refractivity contribution in [3.63, 3.8) is 0 Å². The maximum Gasteiger partial charge on any atom is 0.158 e. The van der Waals surface area contributed by atoms with E-state index in [1.165, 1.54) is 24.8 Å². The van der Waals surface area contributed by atoms with Crippen LogP contribution in [0.1, 0.15) is 72.1 Å². The van der Waals surface area contributed by atoms with Crippen LogP contribution in [0.25, 0.3) is 0 Å². The molecular weight excluding hydrogens is 328 g/mol. The minimum absolute atomic E-state index is 0.224. The van der Waals surface area contributed by atoms with E-state index in [9.17, 15) is 9.90 Å². The lowest BCUT2D eigenvalue weighted by atomic mass is 9.47. The topological polar surface area (TPSA) is 46.5 Å². The average molecular weight is 363 g/mol. The molecular formula is C21H34O3Si. The molecule has 3 nitrogen and oxygen atoms in total. The molecule has 1 N–H and O–H groups in total. The van der Waals surface area contributed by atoms with Crippen LogP contribution < -0.4 is 0 Å². The highest BCUT2D eigenvalue weighted by Gasteiger charge is 2.60. The molecule has 0 radical (unpaired) electrons. The summed E-state index contributed by atoms with van der Waals surface area (Å²) in [5.74, 6) is 1.93. The molecule has 25 heavy (non-hydrogen) atoms. The summed E-state index contributed by atoms with van der Waals surface area (Å²) in [5.41, 5.74) is 1.90. The van der Waals surface area contributed by atoms with E-state index in [2.05, 4.69) is 19.9 Å². The van der Waals surface area contributed by atoms with E-state index in [4.69, 9.17) is 4.43 Å². The van der Waals surface area contributed by atoms with Crippen molar-refractivity contribution < 1.29 is 14.3 Å². The quantitative estimate of drug-likeness (QED) is 0.466. The summed E-state index contributed by atoms with van der Waals surface area (Å²) in [6, 6.07) is 0. The van der Waals surface area contributed by atoms with Gasteiger partial charge in [0.25, 0.3) is 0 Å². The number of fused-ring (bicyclic) bond motifs is 5. The molecule has 4 rings (SSSR count). The Bertz CT molecular complexity index is 616. The number of Topliss-reactive ketones (excluding diaryl/α,β-unsaturated/α-hetero) is 1. The Balaban J connectivity index is 1.64. The first kappa shape index (κ1) is 17.9. The molecule has 7 atom stereocenters. The second-order valence-corrected chi connectivity index (χ2v) is 10.3. The van der Waals surface area contributed by atoms with Crippen molar-refractivity contribution in [1.82, 2.24) is 0 Å². The highest BCUT2D eigenvalue weighted by molar-refractivity contribution is 5.98. The molecule has 0 saturated heterocycles. The maximum atomic E-state index is 12.2. The van der Waals surface area contributed by atoms with Crippen LogP contribution in [-0.4, -0.2) is 27.2 Å². The van der Waals surface area contributed by atoms with Crippen LogP contribution in [0.15, 0.2) is 11.6 Å². The first-order valence-electron chi connectivity index (χ1n) is 10.2. The summed E-state index contributed by atoms with van der Waals surface area (Å²) in [6.45, 7) is 6.66. The van der Waals surface area contributed by atoms with Crippen molar-refractivity contribution in [2.75, 3.05) is 0 Å². The summed E-state index contributed by atoms with van der Waals surface area (Å²) >= 11 is 0. The van der Waals surface area contributed by atoms with Gasteiger partial charge in [0.2, 0.25) is 0 Å².